The molecular weight excluding hydrogens is 398 g/mol. The van der Waals surface area contributed by atoms with Crippen LogP contribution in [0.3, 0.4) is 0 Å². The summed E-state index contributed by atoms with van der Waals surface area (Å²) in [5, 5.41) is 8.84. The number of fused-ring (bicyclic) bond motifs is 1. The standard InChI is InChI=1S/C26H23N5O/c1-2-14-30-15-12-19-16-21(10-11-24(19)30)28-26(32)23-18-31(22-8-4-3-5-9-22)29-25(23)20-7-6-13-27-17-20/h3-13,15-18H,2,14H2,1H3,(H,28,32). The van der Waals surface area contributed by atoms with Crippen molar-refractivity contribution in [3.63, 3.8) is 0 Å². The smallest absolute Gasteiger partial charge is 0.259 e. The van der Waals surface area contributed by atoms with Crippen LogP contribution in [-0.2, 0) is 6.54 Å². The van der Waals surface area contributed by atoms with Crippen molar-refractivity contribution in [3.05, 3.63) is 97.1 Å². The van der Waals surface area contributed by atoms with E-state index >= 15 is 0 Å². The van der Waals surface area contributed by atoms with Crippen LogP contribution in [0.4, 0.5) is 5.69 Å². The molecule has 32 heavy (non-hydrogen) atoms. The molecule has 3 heterocycles. The highest BCUT2D eigenvalue weighted by Crippen LogP contribution is 2.26. The number of amides is 1. The molecule has 5 aromatic rings. The Bertz CT molecular complexity index is 1370. The van der Waals surface area contributed by atoms with E-state index in [1.54, 1.807) is 23.3 Å². The fourth-order valence-corrected chi connectivity index (χ4v) is 3.88. The molecular formula is C26H23N5O. The van der Waals surface area contributed by atoms with Gasteiger partial charge in [-0.1, -0.05) is 25.1 Å². The zero-order valence-electron chi connectivity index (χ0n) is 17.8. The fourth-order valence-electron chi connectivity index (χ4n) is 3.88. The van der Waals surface area contributed by atoms with Crippen molar-refractivity contribution in [2.24, 2.45) is 0 Å². The molecule has 0 atom stereocenters. The van der Waals surface area contributed by atoms with Gasteiger partial charge < -0.3 is 9.88 Å². The summed E-state index contributed by atoms with van der Waals surface area (Å²) >= 11 is 0. The minimum absolute atomic E-state index is 0.210. The number of hydrogen-bond acceptors (Lipinski definition) is 3. The maximum absolute atomic E-state index is 13.3. The summed E-state index contributed by atoms with van der Waals surface area (Å²) in [4.78, 5) is 17.5. The minimum Gasteiger partial charge on any atom is -0.347 e. The third kappa shape index (κ3) is 3.78. The van der Waals surface area contributed by atoms with Crippen molar-refractivity contribution >= 4 is 22.5 Å². The second kappa shape index (κ2) is 8.51. The Hall–Kier alpha value is -4.19. The average molecular weight is 422 g/mol. The number of benzene rings is 2. The van der Waals surface area contributed by atoms with E-state index in [4.69, 9.17) is 5.10 Å². The summed E-state index contributed by atoms with van der Waals surface area (Å²) in [6.45, 7) is 3.14. The maximum Gasteiger partial charge on any atom is 0.259 e. The summed E-state index contributed by atoms with van der Waals surface area (Å²) in [6, 6.07) is 21.6. The van der Waals surface area contributed by atoms with Gasteiger partial charge in [0.05, 0.1) is 11.3 Å². The van der Waals surface area contributed by atoms with Crippen molar-refractivity contribution in [1.29, 1.82) is 0 Å². The number of pyridine rings is 1. The first-order chi connectivity index (χ1) is 15.7. The molecule has 5 rings (SSSR count). The number of nitrogens with one attached hydrogen (secondary N) is 1. The molecule has 0 unspecified atom stereocenters. The average Bonchev–Trinajstić information content (AvgIpc) is 3.45. The highest BCUT2D eigenvalue weighted by atomic mass is 16.1. The lowest BCUT2D eigenvalue weighted by atomic mass is 10.1. The molecule has 1 amide bonds. The SMILES string of the molecule is CCCn1ccc2cc(NC(=O)c3cn(-c4ccccc4)nc3-c3cccnc3)ccc21. The number of nitrogens with zero attached hydrogens (tertiary/aromatic N) is 4. The van der Waals surface area contributed by atoms with Gasteiger partial charge in [-0.05, 0) is 55.0 Å². The predicted octanol–water partition coefficient (Wildman–Crippen LogP) is 5.55. The minimum atomic E-state index is -0.210. The molecule has 0 spiro atoms. The summed E-state index contributed by atoms with van der Waals surface area (Å²) < 4.78 is 3.95. The molecule has 0 radical (unpaired) electrons. The largest absolute Gasteiger partial charge is 0.347 e. The van der Waals surface area contributed by atoms with Crippen LogP contribution in [-0.4, -0.2) is 25.2 Å². The molecule has 6 heteroatoms. The molecule has 0 aliphatic heterocycles. The number of anilines is 1. The predicted molar refractivity (Wildman–Crippen MR) is 127 cm³/mol. The first-order valence-corrected chi connectivity index (χ1v) is 10.7. The first kappa shape index (κ1) is 19.8. The van der Waals surface area contributed by atoms with E-state index in [0.29, 0.717) is 11.3 Å². The highest BCUT2D eigenvalue weighted by molar-refractivity contribution is 6.08. The van der Waals surface area contributed by atoms with Gasteiger partial charge in [0.15, 0.2) is 0 Å². The summed E-state index contributed by atoms with van der Waals surface area (Å²) in [7, 11) is 0. The van der Waals surface area contributed by atoms with Gasteiger partial charge >= 0.3 is 0 Å². The van der Waals surface area contributed by atoms with Crippen LogP contribution in [0.5, 0.6) is 0 Å². The lowest BCUT2D eigenvalue weighted by Crippen LogP contribution is -2.12. The number of carbonyl (C=O) groups excluding carboxylic acids is 1. The summed E-state index contributed by atoms with van der Waals surface area (Å²) in [6.07, 6.45) is 8.35. The molecule has 6 nitrogen and oxygen atoms in total. The second-order valence-electron chi connectivity index (χ2n) is 7.65. The van der Waals surface area contributed by atoms with E-state index in [1.165, 1.54) is 0 Å². The maximum atomic E-state index is 13.3. The van der Waals surface area contributed by atoms with Crippen molar-refractivity contribution in [2.45, 2.75) is 19.9 Å². The Morgan fingerprint density at radius 2 is 1.91 bits per heavy atom. The third-order valence-corrected chi connectivity index (χ3v) is 5.41. The molecule has 158 valence electrons. The molecule has 1 N–H and O–H groups in total. The van der Waals surface area contributed by atoms with Crippen molar-refractivity contribution in [1.82, 2.24) is 19.3 Å². The lowest BCUT2D eigenvalue weighted by molar-refractivity contribution is 0.102. The Morgan fingerprint density at radius 3 is 2.69 bits per heavy atom. The van der Waals surface area contributed by atoms with Crippen LogP contribution in [0.2, 0.25) is 0 Å². The van der Waals surface area contributed by atoms with Gasteiger partial charge in [0.1, 0.15) is 5.69 Å². The normalized spacial score (nSPS) is 11.0. The van der Waals surface area contributed by atoms with E-state index in [2.05, 4.69) is 40.1 Å². The quantitative estimate of drug-likeness (QED) is 0.391. The third-order valence-electron chi connectivity index (χ3n) is 5.41. The molecule has 2 aromatic carbocycles. The molecule has 0 saturated carbocycles. The summed E-state index contributed by atoms with van der Waals surface area (Å²) in [5.74, 6) is -0.210. The second-order valence-corrected chi connectivity index (χ2v) is 7.65. The molecule has 0 aliphatic carbocycles. The molecule has 0 aliphatic rings. The Labute approximate surface area is 186 Å². The van der Waals surface area contributed by atoms with Gasteiger partial charge in [-0.3, -0.25) is 9.78 Å². The number of aryl methyl sites for hydroxylation is 1. The van der Waals surface area contributed by atoms with Crippen LogP contribution in [0.15, 0.2) is 91.5 Å². The topological polar surface area (TPSA) is 64.7 Å². The van der Waals surface area contributed by atoms with E-state index in [9.17, 15) is 4.79 Å². The van der Waals surface area contributed by atoms with Gasteiger partial charge in [0.2, 0.25) is 0 Å². The van der Waals surface area contributed by atoms with Crippen LogP contribution in [0.25, 0.3) is 27.8 Å². The van der Waals surface area contributed by atoms with E-state index in [0.717, 1.165) is 40.8 Å². The van der Waals surface area contributed by atoms with Crippen molar-refractivity contribution in [3.8, 4) is 16.9 Å². The molecule has 0 saturated heterocycles. The van der Waals surface area contributed by atoms with Crippen LogP contribution >= 0.6 is 0 Å². The molecule has 0 bridgehead atoms. The fraction of sp³-hybridized carbons (Fsp3) is 0.115. The number of para-hydroxylation sites is 1. The van der Waals surface area contributed by atoms with E-state index in [-0.39, 0.29) is 5.91 Å². The van der Waals surface area contributed by atoms with Gasteiger partial charge in [0, 0.05) is 53.5 Å². The Balaban J connectivity index is 1.50. The number of rotatable bonds is 6. The van der Waals surface area contributed by atoms with Crippen molar-refractivity contribution < 1.29 is 4.79 Å². The van der Waals surface area contributed by atoms with E-state index in [1.807, 2.05) is 54.6 Å². The Morgan fingerprint density at radius 1 is 1.03 bits per heavy atom. The monoisotopic (exact) mass is 421 g/mol. The molecule has 3 aromatic heterocycles. The number of carbonyl (C=O) groups is 1. The lowest BCUT2D eigenvalue weighted by Gasteiger charge is -2.07. The van der Waals surface area contributed by atoms with Gasteiger partial charge in [-0.25, -0.2) is 4.68 Å². The number of hydrogen-bond donors (Lipinski definition) is 1. The highest BCUT2D eigenvalue weighted by Gasteiger charge is 2.19. The Kier molecular flexibility index (Phi) is 5.25. The van der Waals surface area contributed by atoms with E-state index < -0.39 is 0 Å². The van der Waals surface area contributed by atoms with Crippen LogP contribution < -0.4 is 5.32 Å². The van der Waals surface area contributed by atoms with Crippen molar-refractivity contribution in [2.75, 3.05) is 5.32 Å². The molecule has 0 fully saturated rings. The van der Waals surface area contributed by atoms with Crippen LogP contribution in [0, 0.1) is 0 Å². The first-order valence-electron chi connectivity index (χ1n) is 10.7. The zero-order chi connectivity index (χ0) is 21.9. The number of aromatic nitrogens is 4. The van der Waals surface area contributed by atoms with Gasteiger partial charge in [-0.15, -0.1) is 0 Å². The van der Waals surface area contributed by atoms with Gasteiger partial charge in [0.25, 0.3) is 5.91 Å². The zero-order valence-corrected chi connectivity index (χ0v) is 17.8. The summed E-state index contributed by atoms with van der Waals surface area (Å²) in [5.41, 5.74) is 4.68. The van der Waals surface area contributed by atoms with Gasteiger partial charge in [-0.2, -0.15) is 5.10 Å². The van der Waals surface area contributed by atoms with Crippen LogP contribution in [0.1, 0.15) is 23.7 Å².